The lowest BCUT2D eigenvalue weighted by Gasteiger charge is -2.26. The van der Waals surface area contributed by atoms with Crippen LogP contribution in [0, 0.1) is 6.92 Å². The predicted molar refractivity (Wildman–Crippen MR) is 114 cm³/mol. The molecule has 0 radical (unpaired) electrons. The molecule has 2 aromatic carbocycles. The van der Waals surface area contributed by atoms with E-state index in [-0.39, 0.29) is 21.7 Å². The van der Waals surface area contributed by atoms with Gasteiger partial charge in [-0.15, -0.1) is 0 Å². The lowest BCUT2D eigenvalue weighted by atomic mass is 10.2. The van der Waals surface area contributed by atoms with Crippen molar-refractivity contribution >= 4 is 27.6 Å². The molecule has 3 aromatic rings. The molecule has 0 bridgehead atoms. The van der Waals surface area contributed by atoms with Gasteiger partial charge in [0.15, 0.2) is 0 Å². The van der Waals surface area contributed by atoms with Crippen molar-refractivity contribution in [3.05, 3.63) is 66.1 Å². The fraction of sp³-hybridized carbons (Fsp3) is 0.238. The Balaban J connectivity index is 1.68. The molecule has 1 fully saturated rings. The summed E-state index contributed by atoms with van der Waals surface area (Å²) in [6.45, 7) is 3.92. The van der Waals surface area contributed by atoms with Crippen LogP contribution in [-0.2, 0) is 14.6 Å². The average Bonchev–Trinajstić information content (AvgIpc) is 3.21. The smallest absolute Gasteiger partial charge is 0.243 e. The molecule has 9 heteroatoms. The first-order valence-corrected chi connectivity index (χ1v) is 11.0. The molecule has 0 aliphatic carbocycles. The highest BCUT2D eigenvalue weighted by atomic mass is 32.2. The molecular formula is C21H22N4O4S. The van der Waals surface area contributed by atoms with E-state index in [1.807, 2.05) is 42.2 Å². The molecule has 1 N–H and O–H groups in total. The number of aryl methyl sites for hydroxylation is 1. The van der Waals surface area contributed by atoms with Gasteiger partial charge in [0.25, 0.3) is 0 Å². The number of anilines is 2. The minimum Gasteiger partial charge on any atom is -0.418 e. The molecule has 2 heterocycles. The highest BCUT2D eigenvalue weighted by molar-refractivity contribution is 7.91. The van der Waals surface area contributed by atoms with Crippen LogP contribution in [0.5, 0.6) is 0 Å². The third-order valence-electron chi connectivity index (χ3n) is 4.62. The van der Waals surface area contributed by atoms with Gasteiger partial charge in [-0.05, 0) is 31.2 Å². The van der Waals surface area contributed by atoms with Gasteiger partial charge in [0.05, 0.1) is 23.8 Å². The van der Waals surface area contributed by atoms with Gasteiger partial charge in [-0.1, -0.05) is 35.9 Å². The summed E-state index contributed by atoms with van der Waals surface area (Å²) in [5.41, 5.74) is 4.63. The van der Waals surface area contributed by atoms with Crippen LogP contribution in [-0.4, -0.2) is 45.9 Å². The summed E-state index contributed by atoms with van der Waals surface area (Å²) in [6.07, 6.45) is 1.37. The number of nitrogens with one attached hydrogen (secondary N) is 1. The Labute approximate surface area is 175 Å². The summed E-state index contributed by atoms with van der Waals surface area (Å²) in [5.74, 6) is 0.311. The van der Waals surface area contributed by atoms with E-state index in [1.54, 1.807) is 24.3 Å². The van der Waals surface area contributed by atoms with E-state index in [0.29, 0.717) is 26.3 Å². The summed E-state index contributed by atoms with van der Waals surface area (Å²) in [5, 5.41) is 3.99. The fourth-order valence-corrected chi connectivity index (χ4v) is 4.34. The summed E-state index contributed by atoms with van der Waals surface area (Å²) in [6, 6.07) is 16.1. The number of ether oxygens (including phenoxy) is 1. The Kier molecular flexibility index (Phi) is 5.82. The normalized spacial score (nSPS) is 14.9. The minimum absolute atomic E-state index is 0.102. The summed E-state index contributed by atoms with van der Waals surface area (Å²) < 4.78 is 37.7. The van der Waals surface area contributed by atoms with Crippen LogP contribution in [0.3, 0.4) is 0 Å². The van der Waals surface area contributed by atoms with Gasteiger partial charge in [-0.2, -0.15) is 10.1 Å². The molecule has 0 amide bonds. The Morgan fingerprint density at radius 1 is 1.07 bits per heavy atom. The maximum Gasteiger partial charge on any atom is 0.243 e. The van der Waals surface area contributed by atoms with Crippen LogP contribution >= 0.6 is 0 Å². The van der Waals surface area contributed by atoms with E-state index in [9.17, 15) is 8.42 Å². The van der Waals surface area contributed by atoms with Gasteiger partial charge >= 0.3 is 0 Å². The molecule has 1 aliphatic rings. The zero-order chi connectivity index (χ0) is 21.0. The number of hydrazone groups is 1. The van der Waals surface area contributed by atoms with Crippen LogP contribution in [0.15, 0.2) is 74.0 Å². The van der Waals surface area contributed by atoms with Gasteiger partial charge in [0, 0.05) is 13.1 Å². The molecule has 1 aromatic heterocycles. The Bertz CT molecular complexity index is 1120. The minimum atomic E-state index is -3.86. The Hall–Kier alpha value is -3.17. The summed E-state index contributed by atoms with van der Waals surface area (Å²) in [7, 11) is -3.86. The number of nitrogens with zero attached hydrogens (tertiary/aromatic N) is 3. The van der Waals surface area contributed by atoms with Crippen molar-refractivity contribution in [3.63, 3.8) is 0 Å². The Morgan fingerprint density at radius 3 is 2.47 bits per heavy atom. The van der Waals surface area contributed by atoms with E-state index in [4.69, 9.17) is 9.15 Å². The first-order valence-electron chi connectivity index (χ1n) is 9.53. The van der Waals surface area contributed by atoms with Gasteiger partial charge < -0.3 is 14.1 Å². The highest BCUT2D eigenvalue weighted by Crippen LogP contribution is 2.31. The summed E-state index contributed by atoms with van der Waals surface area (Å²) in [4.78, 5) is 6.26. The van der Waals surface area contributed by atoms with Crippen molar-refractivity contribution in [2.24, 2.45) is 5.10 Å². The number of morpholine rings is 1. The number of aromatic nitrogens is 1. The van der Waals surface area contributed by atoms with Crippen LogP contribution in [0.1, 0.15) is 11.5 Å². The van der Waals surface area contributed by atoms with Crippen molar-refractivity contribution in [2.75, 3.05) is 36.6 Å². The number of oxazole rings is 1. The van der Waals surface area contributed by atoms with Crippen LogP contribution in [0.4, 0.5) is 11.6 Å². The maximum atomic E-state index is 13.3. The van der Waals surface area contributed by atoms with E-state index in [0.717, 1.165) is 11.3 Å². The molecule has 4 rings (SSSR count). The predicted octanol–water partition coefficient (Wildman–Crippen LogP) is 3.10. The molecule has 0 saturated carbocycles. The first-order chi connectivity index (χ1) is 14.5. The van der Waals surface area contributed by atoms with Crippen molar-refractivity contribution in [3.8, 4) is 0 Å². The lowest BCUT2D eigenvalue weighted by Crippen LogP contribution is -2.36. The molecule has 156 valence electrons. The largest absolute Gasteiger partial charge is 0.418 e. The third kappa shape index (κ3) is 4.37. The van der Waals surface area contributed by atoms with Crippen molar-refractivity contribution in [1.29, 1.82) is 0 Å². The average molecular weight is 426 g/mol. The number of rotatable bonds is 6. The van der Waals surface area contributed by atoms with Gasteiger partial charge in [-0.3, -0.25) is 5.43 Å². The van der Waals surface area contributed by atoms with E-state index in [2.05, 4.69) is 15.5 Å². The second-order valence-corrected chi connectivity index (χ2v) is 8.68. The van der Waals surface area contributed by atoms with Gasteiger partial charge in [0.2, 0.25) is 26.6 Å². The molecular weight excluding hydrogens is 404 g/mol. The number of para-hydroxylation sites is 1. The molecule has 0 atom stereocenters. The van der Waals surface area contributed by atoms with Crippen molar-refractivity contribution in [2.45, 2.75) is 16.8 Å². The molecule has 1 aliphatic heterocycles. The first kappa shape index (κ1) is 20.1. The van der Waals surface area contributed by atoms with Crippen LogP contribution in [0.25, 0.3) is 0 Å². The Morgan fingerprint density at radius 2 is 1.77 bits per heavy atom. The van der Waals surface area contributed by atoms with Crippen LogP contribution in [0.2, 0.25) is 0 Å². The molecule has 0 unspecified atom stereocenters. The number of benzene rings is 2. The number of hydrogen-bond donors (Lipinski definition) is 1. The monoisotopic (exact) mass is 426 g/mol. The maximum absolute atomic E-state index is 13.3. The van der Waals surface area contributed by atoms with Gasteiger partial charge in [-0.25, -0.2) is 8.42 Å². The second-order valence-electron chi connectivity index (χ2n) is 6.81. The van der Waals surface area contributed by atoms with E-state index in [1.165, 1.54) is 6.21 Å². The molecule has 8 nitrogen and oxygen atoms in total. The summed E-state index contributed by atoms with van der Waals surface area (Å²) >= 11 is 0. The van der Waals surface area contributed by atoms with E-state index >= 15 is 0 Å². The molecule has 0 spiro atoms. The second kappa shape index (κ2) is 8.68. The van der Waals surface area contributed by atoms with Crippen molar-refractivity contribution in [1.82, 2.24) is 4.98 Å². The quantitative estimate of drug-likeness (QED) is 0.478. The van der Waals surface area contributed by atoms with Crippen molar-refractivity contribution < 1.29 is 17.6 Å². The number of sulfone groups is 1. The highest BCUT2D eigenvalue weighted by Gasteiger charge is 2.31. The number of hydrogen-bond acceptors (Lipinski definition) is 8. The van der Waals surface area contributed by atoms with Gasteiger partial charge in [0.1, 0.15) is 6.21 Å². The topological polar surface area (TPSA) is 97.0 Å². The fourth-order valence-electron chi connectivity index (χ4n) is 3.01. The molecule has 1 saturated heterocycles. The standard InChI is InChI=1S/C21H22N4O4S/c1-16-7-9-18(10-8-16)30(26,27)20-21(25-11-13-28-14-12-25)29-19(23-20)15-22-24-17-5-3-2-4-6-17/h2-10,15,24H,11-14H2,1H3. The zero-order valence-electron chi connectivity index (χ0n) is 16.5. The lowest BCUT2D eigenvalue weighted by molar-refractivity contribution is 0.120. The van der Waals surface area contributed by atoms with Crippen LogP contribution < -0.4 is 10.3 Å². The SMILES string of the molecule is Cc1ccc(S(=O)(=O)c2nc(C=NNc3ccccc3)oc2N2CCOCC2)cc1. The van der Waals surface area contributed by atoms with E-state index < -0.39 is 9.84 Å². The third-order valence-corrected chi connectivity index (χ3v) is 6.29. The molecule has 30 heavy (non-hydrogen) atoms. The zero-order valence-corrected chi connectivity index (χ0v) is 17.3.